The molecule has 6 rings (SSSR count). The van der Waals surface area contributed by atoms with E-state index >= 15 is 0 Å². The Balaban J connectivity index is 2.06. The molecule has 2 aliphatic heterocycles. The highest BCUT2D eigenvalue weighted by atomic mass is 28.5. The summed E-state index contributed by atoms with van der Waals surface area (Å²) in [6.07, 6.45) is 12.4. The molecule has 6 nitrogen and oxygen atoms in total. The van der Waals surface area contributed by atoms with Crippen LogP contribution in [0.25, 0.3) is 24.3 Å². The van der Waals surface area contributed by atoms with Crippen molar-refractivity contribution in [1.82, 2.24) is 18.4 Å². The van der Waals surface area contributed by atoms with Gasteiger partial charge >= 0.3 is 8.88 Å². The van der Waals surface area contributed by atoms with E-state index in [0.29, 0.717) is 0 Å². The van der Waals surface area contributed by atoms with Crippen LogP contribution in [-0.4, -0.2) is 44.0 Å². The fourth-order valence-electron chi connectivity index (χ4n) is 7.81. The lowest BCUT2D eigenvalue weighted by molar-refractivity contribution is 0.340. The summed E-state index contributed by atoms with van der Waals surface area (Å²) in [5.74, 6) is 0. The van der Waals surface area contributed by atoms with Gasteiger partial charge in [0.25, 0.3) is 0 Å². The molecule has 4 aromatic rings. The van der Waals surface area contributed by atoms with Crippen LogP contribution in [0.2, 0.25) is 39.3 Å². The predicted molar refractivity (Wildman–Crippen MR) is 200 cm³/mol. The Morgan fingerprint density at radius 3 is 1.24 bits per heavy atom. The number of nitrogens with one attached hydrogen (secondary N) is 2. The largest absolute Gasteiger partial charge is 0.577 e. The third kappa shape index (κ3) is 5.01. The quantitative estimate of drug-likeness (QED) is 0.220. The molecule has 6 bridgehead atoms. The van der Waals surface area contributed by atoms with Crippen LogP contribution < -0.4 is 21.4 Å². The van der Waals surface area contributed by atoms with Crippen LogP contribution >= 0.6 is 0 Å². The van der Waals surface area contributed by atoms with Crippen molar-refractivity contribution in [3.8, 4) is 0 Å². The van der Waals surface area contributed by atoms with Gasteiger partial charge in [-0.3, -0.25) is 0 Å². The number of nitrogens with zero attached hydrogens (tertiary/aromatic N) is 2. The first-order chi connectivity index (χ1) is 21.5. The summed E-state index contributed by atoms with van der Waals surface area (Å²) in [5.41, 5.74) is 15.3. The average Bonchev–Trinajstić information content (AvgIpc) is 3.58. The minimum Gasteiger partial charge on any atom is -0.404 e. The van der Waals surface area contributed by atoms with E-state index in [1.54, 1.807) is 0 Å². The number of hydrogen-bond donors (Lipinski definition) is 2. The highest BCUT2D eigenvalue weighted by Gasteiger charge is 2.55. The van der Waals surface area contributed by atoms with E-state index in [0.717, 1.165) is 19.3 Å². The number of aromatic amines is 2. The summed E-state index contributed by atoms with van der Waals surface area (Å²) in [4.78, 5) is 7.78. The van der Waals surface area contributed by atoms with Crippen LogP contribution in [-0.2, 0) is 27.5 Å². The van der Waals surface area contributed by atoms with Gasteiger partial charge in [0.2, 0.25) is 0 Å². The standard InChI is InChI=1S/C37H54N4O2Si3/c1-15-27-24(6)30-18-34-22(4)23(5)35-20-32-28(16-2)25(7)31(39-32)19-37-29(17-3)26(8)36(21-33(27)38-30)41(37)46(40(34)35,42-44(9,10)11)43-45(12,13)14/h18-21,38-39H,15-17H2,1-14H3/b30-18-,31-19-,32-20-,33-21-,34-18?,35-20?,36-21?,37-19?. The minimum absolute atomic E-state index is 0.917. The van der Waals surface area contributed by atoms with Crippen molar-refractivity contribution < 1.29 is 8.23 Å². The monoisotopic (exact) mass is 670 g/mol. The molecule has 0 unspecified atom stereocenters. The lowest BCUT2D eigenvalue weighted by Crippen LogP contribution is -2.66. The van der Waals surface area contributed by atoms with Crippen molar-refractivity contribution in [2.75, 3.05) is 0 Å². The van der Waals surface area contributed by atoms with Crippen molar-refractivity contribution in [2.45, 2.75) is 114 Å². The summed E-state index contributed by atoms with van der Waals surface area (Å²) in [6.45, 7) is 32.2. The van der Waals surface area contributed by atoms with Crippen LogP contribution in [0.5, 0.6) is 0 Å². The first kappa shape index (κ1) is 33.1. The molecule has 0 amide bonds. The van der Waals surface area contributed by atoms with Crippen LogP contribution in [0.3, 0.4) is 0 Å². The van der Waals surface area contributed by atoms with Gasteiger partial charge in [-0.1, -0.05) is 20.8 Å². The van der Waals surface area contributed by atoms with E-state index in [1.807, 2.05) is 0 Å². The van der Waals surface area contributed by atoms with Gasteiger partial charge in [-0.2, -0.15) is 0 Å². The lowest BCUT2D eigenvalue weighted by atomic mass is 10.0. The molecular formula is C37H54N4O2Si3. The molecule has 0 saturated heterocycles. The number of rotatable bonds is 7. The molecule has 0 spiro atoms. The van der Waals surface area contributed by atoms with Gasteiger partial charge in [0, 0.05) is 44.2 Å². The fraction of sp³-hybridized carbons (Fsp3) is 0.459. The molecule has 0 saturated carbocycles. The zero-order valence-corrected chi connectivity index (χ0v) is 33.6. The van der Waals surface area contributed by atoms with Crippen LogP contribution in [0.4, 0.5) is 0 Å². The van der Waals surface area contributed by atoms with Gasteiger partial charge in [0.15, 0.2) is 16.6 Å². The highest BCUT2D eigenvalue weighted by molar-refractivity contribution is 6.87. The molecule has 2 aliphatic rings. The van der Waals surface area contributed by atoms with E-state index in [-0.39, 0.29) is 0 Å². The summed E-state index contributed by atoms with van der Waals surface area (Å²) in [7, 11) is -8.04. The van der Waals surface area contributed by atoms with Crippen LogP contribution in [0, 0.1) is 34.6 Å². The molecule has 6 heterocycles. The Hall–Kier alpha value is -2.83. The molecule has 0 aromatic carbocycles. The number of H-pyrrole nitrogens is 2. The van der Waals surface area contributed by atoms with Crippen molar-refractivity contribution in [3.05, 3.63) is 88.7 Å². The molecule has 0 aliphatic carbocycles. The molecule has 46 heavy (non-hydrogen) atoms. The molecule has 0 atom stereocenters. The minimum atomic E-state index is -3.57. The Morgan fingerprint density at radius 1 is 0.500 bits per heavy atom. The SMILES string of the molecule is CCc1c(C)c2n3c1/C=c1\[nH]/c(c(CC)c1C)=C\c1c(C)c(C)c(n1[Si]3(O[Si](C)(C)C)O[Si](C)(C)C)/C=c1\[nH]/c(c(CC)c1C)=C\2. The maximum Gasteiger partial charge on any atom is 0.577 e. The first-order valence-electron chi connectivity index (χ1n) is 17.1. The second-order valence-electron chi connectivity index (χ2n) is 15.3. The Kier molecular flexibility index (Phi) is 8.00. The van der Waals surface area contributed by atoms with E-state index in [4.69, 9.17) is 8.23 Å². The summed E-state index contributed by atoms with van der Waals surface area (Å²) < 4.78 is 20.8. The molecule has 9 heteroatoms. The zero-order chi connectivity index (χ0) is 33.7. The average molecular weight is 671 g/mol. The molecular weight excluding hydrogens is 617 g/mol. The molecule has 0 fully saturated rings. The topological polar surface area (TPSA) is 59.9 Å². The third-order valence-electron chi connectivity index (χ3n) is 9.97. The normalized spacial score (nSPS) is 18.1. The maximum atomic E-state index is 7.83. The van der Waals surface area contributed by atoms with Gasteiger partial charge in [-0.15, -0.1) is 0 Å². The van der Waals surface area contributed by atoms with Gasteiger partial charge in [0.05, 0.1) is 0 Å². The molecule has 0 radical (unpaired) electrons. The maximum absolute atomic E-state index is 7.83. The second-order valence-corrected chi connectivity index (χ2v) is 27.4. The Labute approximate surface area is 278 Å². The number of aromatic nitrogens is 4. The summed E-state index contributed by atoms with van der Waals surface area (Å²) in [5, 5.41) is 4.71. The van der Waals surface area contributed by atoms with Crippen molar-refractivity contribution in [2.24, 2.45) is 0 Å². The van der Waals surface area contributed by atoms with E-state index in [1.165, 1.54) is 88.7 Å². The number of fused-ring (bicyclic) bond motifs is 4. The van der Waals surface area contributed by atoms with Gasteiger partial charge < -0.3 is 26.7 Å². The van der Waals surface area contributed by atoms with Crippen molar-refractivity contribution in [3.63, 3.8) is 0 Å². The molecule has 4 aromatic heterocycles. The first-order valence-corrected chi connectivity index (χ1v) is 25.7. The van der Waals surface area contributed by atoms with Crippen LogP contribution in [0.15, 0.2) is 0 Å². The number of hydrogen-bond acceptors (Lipinski definition) is 2. The third-order valence-corrected chi connectivity index (χ3v) is 19.1. The smallest absolute Gasteiger partial charge is 0.404 e. The van der Waals surface area contributed by atoms with Gasteiger partial charge in [-0.25, -0.2) is 0 Å². The lowest BCUT2D eigenvalue weighted by Gasteiger charge is -2.43. The second kappa shape index (κ2) is 11.1. The van der Waals surface area contributed by atoms with Gasteiger partial charge in [0.1, 0.15) is 0 Å². The summed E-state index contributed by atoms with van der Waals surface area (Å²) >= 11 is 0. The summed E-state index contributed by atoms with van der Waals surface area (Å²) in [6, 6.07) is 0. The van der Waals surface area contributed by atoms with Crippen molar-refractivity contribution in [1.29, 1.82) is 0 Å². The highest BCUT2D eigenvalue weighted by Crippen LogP contribution is 2.38. The van der Waals surface area contributed by atoms with Crippen LogP contribution in [0.1, 0.15) is 88.1 Å². The predicted octanol–water partition coefficient (Wildman–Crippen LogP) is 5.65. The van der Waals surface area contributed by atoms with E-state index in [2.05, 4.69) is 137 Å². The van der Waals surface area contributed by atoms with Crippen molar-refractivity contribution >= 4 is 49.8 Å². The van der Waals surface area contributed by atoms with E-state index < -0.39 is 25.5 Å². The fourth-order valence-corrected chi connectivity index (χ4v) is 18.5. The van der Waals surface area contributed by atoms with E-state index in [9.17, 15) is 0 Å². The zero-order valence-electron chi connectivity index (χ0n) is 30.6. The molecule has 2 N–H and O–H groups in total. The van der Waals surface area contributed by atoms with Gasteiger partial charge in [-0.05, 0) is 162 Å². The Morgan fingerprint density at radius 2 is 0.848 bits per heavy atom. The molecule has 246 valence electrons. The Bertz CT molecular complexity index is 2120.